The summed E-state index contributed by atoms with van der Waals surface area (Å²) in [5.41, 5.74) is -0.568. The highest BCUT2D eigenvalue weighted by Gasteiger charge is 2.46. The van der Waals surface area contributed by atoms with Crippen molar-refractivity contribution in [3.05, 3.63) is 45.0 Å². The second-order valence-corrected chi connectivity index (χ2v) is 5.86. The molecule has 0 bridgehead atoms. The quantitative estimate of drug-likeness (QED) is 0.448. The number of halogens is 4. The fourth-order valence-corrected chi connectivity index (χ4v) is 3.58. The zero-order valence-corrected chi connectivity index (χ0v) is 13.7. The van der Waals surface area contributed by atoms with E-state index in [9.17, 15) is 33.3 Å². The first-order valence-corrected chi connectivity index (χ1v) is 7.85. The van der Waals surface area contributed by atoms with Crippen molar-refractivity contribution in [2.24, 2.45) is 0 Å². The number of alkyl halides is 4. The molecule has 1 heterocycles. The van der Waals surface area contributed by atoms with Crippen molar-refractivity contribution in [3.63, 3.8) is 0 Å². The minimum Gasteiger partial charge on any atom is -0.303 e. The number of anilines is 1. The van der Waals surface area contributed by atoms with Gasteiger partial charge in [-0.15, -0.1) is 11.6 Å². The van der Waals surface area contributed by atoms with Crippen molar-refractivity contribution < 1.29 is 22.9 Å². The molecule has 0 saturated heterocycles. The molecule has 0 aliphatic carbocycles. The average Bonchev–Trinajstić information content (AvgIpc) is 3.02. The van der Waals surface area contributed by atoms with E-state index in [1.54, 1.807) is 0 Å². The largest absolute Gasteiger partial charge is 0.471 e. The molecule has 0 radical (unpaired) electrons. The van der Waals surface area contributed by atoms with Gasteiger partial charge in [-0.3, -0.25) is 14.9 Å². The summed E-state index contributed by atoms with van der Waals surface area (Å²) in [6.07, 6.45) is -5.05. The van der Waals surface area contributed by atoms with E-state index >= 15 is 0 Å². The van der Waals surface area contributed by atoms with E-state index in [2.05, 4.69) is 0 Å². The molecule has 0 saturated carbocycles. The van der Waals surface area contributed by atoms with E-state index in [1.807, 2.05) is 6.07 Å². The molecule has 0 aromatic heterocycles. The smallest absolute Gasteiger partial charge is 0.303 e. The molecule has 6 nitrogen and oxygen atoms in total. The van der Waals surface area contributed by atoms with Crippen LogP contribution in [0, 0.1) is 21.4 Å². The molecule has 0 N–H and O–H groups in total. The number of nitriles is 1. The van der Waals surface area contributed by atoms with Gasteiger partial charge in [-0.2, -0.15) is 18.4 Å². The van der Waals surface area contributed by atoms with Crippen LogP contribution in [0.5, 0.6) is 0 Å². The number of nitro benzene ring substituents is 1. The van der Waals surface area contributed by atoms with Gasteiger partial charge in [0.2, 0.25) is 0 Å². The van der Waals surface area contributed by atoms with Crippen LogP contribution in [-0.2, 0) is 17.1 Å². The van der Waals surface area contributed by atoms with Crippen LogP contribution in [0.3, 0.4) is 0 Å². The number of nitro groups is 1. The molecular formula is C16H9ClF3N3O3. The lowest BCUT2D eigenvalue weighted by Gasteiger charge is -2.22. The maximum absolute atomic E-state index is 12.9. The van der Waals surface area contributed by atoms with Crippen molar-refractivity contribution in [2.75, 3.05) is 11.4 Å². The molecule has 1 aliphatic heterocycles. The molecule has 3 rings (SSSR count). The molecule has 134 valence electrons. The van der Waals surface area contributed by atoms with Crippen LogP contribution in [0.1, 0.15) is 16.7 Å². The van der Waals surface area contributed by atoms with E-state index in [0.717, 1.165) is 0 Å². The monoisotopic (exact) mass is 383 g/mol. The number of fused-ring (bicyclic) bond motifs is 3. The minimum absolute atomic E-state index is 0.0176. The Labute approximate surface area is 149 Å². The Hall–Kier alpha value is -2.86. The van der Waals surface area contributed by atoms with Gasteiger partial charge < -0.3 is 4.90 Å². The molecule has 1 aliphatic rings. The zero-order chi connectivity index (χ0) is 19.2. The zero-order valence-electron chi connectivity index (χ0n) is 12.9. The van der Waals surface area contributed by atoms with Crippen molar-refractivity contribution >= 4 is 39.7 Å². The molecule has 0 atom stereocenters. The minimum atomic E-state index is -5.12. The van der Waals surface area contributed by atoms with Gasteiger partial charge in [0.1, 0.15) is 6.07 Å². The highest BCUT2D eigenvalue weighted by molar-refractivity contribution is 6.19. The number of hydrogen-bond acceptors (Lipinski definition) is 4. The molecule has 2 aromatic rings. The predicted molar refractivity (Wildman–Crippen MR) is 87.0 cm³/mol. The SMILES string of the molecule is N#Cc1cccc2c3c(c(CCl)c([N+](=O)[O-])c12)N(C(=O)C(F)(F)F)CC3. The van der Waals surface area contributed by atoms with Crippen molar-refractivity contribution in [1.82, 2.24) is 0 Å². The summed E-state index contributed by atoms with van der Waals surface area (Å²) >= 11 is 5.83. The van der Waals surface area contributed by atoms with Crippen molar-refractivity contribution in [1.29, 1.82) is 5.26 Å². The second kappa shape index (κ2) is 6.14. The first kappa shape index (κ1) is 17.9. The first-order valence-electron chi connectivity index (χ1n) is 7.32. The molecule has 0 fully saturated rings. The van der Waals surface area contributed by atoms with Crippen molar-refractivity contribution in [3.8, 4) is 6.07 Å². The first-order chi connectivity index (χ1) is 12.2. The Kier molecular flexibility index (Phi) is 4.24. The lowest BCUT2D eigenvalue weighted by Crippen LogP contribution is -2.40. The summed E-state index contributed by atoms with van der Waals surface area (Å²) in [6.45, 7) is -0.273. The van der Waals surface area contributed by atoms with Gasteiger partial charge in [-0.1, -0.05) is 12.1 Å². The number of benzene rings is 2. The summed E-state index contributed by atoms with van der Waals surface area (Å²) in [5.74, 6) is -2.58. The van der Waals surface area contributed by atoms with Crippen LogP contribution in [0.4, 0.5) is 24.5 Å². The summed E-state index contributed by atoms with van der Waals surface area (Å²) in [5, 5.41) is 21.2. The lowest BCUT2D eigenvalue weighted by atomic mass is 9.93. The van der Waals surface area contributed by atoms with Crippen LogP contribution >= 0.6 is 11.6 Å². The van der Waals surface area contributed by atoms with Crippen LogP contribution in [0.25, 0.3) is 10.8 Å². The van der Waals surface area contributed by atoms with Crippen LogP contribution < -0.4 is 4.90 Å². The van der Waals surface area contributed by atoms with Gasteiger partial charge in [0.05, 0.1) is 33.0 Å². The van der Waals surface area contributed by atoms with Gasteiger partial charge in [0.15, 0.2) is 0 Å². The Morgan fingerprint density at radius 1 is 1.42 bits per heavy atom. The number of amides is 1. The molecule has 1 amide bonds. The van der Waals surface area contributed by atoms with E-state index in [1.165, 1.54) is 18.2 Å². The molecule has 0 unspecified atom stereocenters. The third-order valence-electron chi connectivity index (χ3n) is 4.26. The van der Waals surface area contributed by atoms with E-state index in [0.29, 0.717) is 10.5 Å². The topological polar surface area (TPSA) is 87.2 Å². The maximum Gasteiger partial charge on any atom is 0.471 e. The number of hydrogen-bond donors (Lipinski definition) is 0. The number of carbonyl (C=O) groups is 1. The Morgan fingerprint density at radius 3 is 2.65 bits per heavy atom. The second-order valence-electron chi connectivity index (χ2n) is 5.59. The standard InChI is InChI=1S/C16H9ClF3N3O3/c17-6-11-13-10(4-5-22(13)15(24)16(18,19)20)9-3-1-2-8(7-21)12(9)14(11)23(25)26/h1-3H,4-6H2. The summed E-state index contributed by atoms with van der Waals surface area (Å²) < 4.78 is 38.8. The average molecular weight is 384 g/mol. The van der Waals surface area contributed by atoms with Crippen LogP contribution in [0.2, 0.25) is 0 Å². The Balaban J connectivity index is 2.45. The maximum atomic E-state index is 12.9. The fraction of sp³-hybridized carbons (Fsp3) is 0.250. The van der Waals surface area contributed by atoms with E-state index in [4.69, 9.17) is 11.6 Å². The Bertz CT molecular complexity index is 998. The predicted octanol–water partition coefficient (Wildman–Crippen LogP) is 3.81. The fourth-order valence-electron chi connectivity index (χ4n) is 3.32. The lowest BCUT2D eigenvalue weighted by molar-refractivity contribution is -0.383. The molecule has 2 aromatic carbocycles. The highest BCUT2D eigenvalue weighted by atomic mass is 35.5. The number of carbonyl (C=O) groups excluding carboxylic acids is 1. The van der Waals surface area contributed by atoms with Gasteiger partial charge in [-0.05, 0) is 23.4 Å². The number of rotatable bonds is 2. The van der Waals surface area contributed by atoms with Gasteiger partial charge in [-0.25, -0.2) is 0 Å². The molecular weight excluding hydrogens is 375 g/mol. The third kappa shape index (κ3) is 2.54. The Morgan fingerprint density at radius 2 is 2.12 bits per heavy atom. The van der Waals surface area contributed by atoms with Crippen LogP contribution in [-0.4, -0.2) is 23.6 Å². The van der Waals surface area contributed by atoms with Gasteiger partial charge >= 0.3 is 12.1 Å². The summed E-state index contributed by atoms with van der Waals surface area (Å²) in [4.78, 5) is 23.1. The van der Waals surface area contributed by atoms with Crippen LogP contribution in [0.15, 0.2) is 18.2 Å². The normalized spacial score (nSPS) is 13.6. The molecule has 26 heavy (non-hydrogen) atoms. The molecule has 0 spiro atoms. The molecule has 10 heteroatoms. The summed E-state index contributed by atoms with van der Waals surface area (Å²) in [6, 6.07) is 6.21. The van der Waals surface area contributed by atoms with E-state index < -0.39 is 28.6 Å². The van der Waals surface area contributed by atoms with Crippen molar-refractivity contribution in [2.45, 2.75) is 18.5 Å². The highest BCUT2D eigenvalue weighted by Crippen LogP contribution is 2.46. The summed E-state index contributed by atoms with van der Waals surface area (Å²) in [7, 11) is 0. The third-order valence-corrected chi connectivity index (χ3v) is 4.53. The van der Waals surface area contributed by atoms with Gasteiger partial charge in [0.25, 0.3) is 5.69 Å². The van der Waals surface area contributed by atoms with Gasteiger partial charge in [0, 0.05) is 6.54 Å². The van der Waals surface area contributed by atoms with E-state index in [-0.39, 0.29) is 40.6 Å². The number of nitrogens with zero attached hydrogens (tertiary/aromatic N) is 3.